The monoisotopic (exact) mass is 437 g/mol. The van der Waals surface area contributed by atoms with Crippen LogP contribution in [0.1, 0.15) is 28.8 Å². The highest BCUT2D eigenvalue weighted by Gasteiger charge is 2.48. The predicted molar refractivity (Wildman–Crippen MR) is 113 cm³/mol. The van der Waals surface area contributed by atoms with E-state index in [0.29, 0.717) is 36.7 Å². The maximum Gasteiger partial charge on any atom is 0.256 e. The van der Waals surface area contributed by atoms with Crippen molar-refractivity contribution in [2.24, 2.45) is 5.14 Å². The molecule has 1 atom stereocenters. The molecule has 4 N–H and O–H groups in total. The van der Waals surface area contributed by atoms with Gasteiger partial charge in [-0.1, -0.05) is 41.9 Å². The van der Waals surface area contributed by atoms with Gasteiger partial charge in [0, 0.05) is 10.4 Å². The summed E-state index contributed by atoms with van der Waals surface area (Å²) < 4.78 is 30.6. The number of rotatable bonds is 6. The van der Waals surface area contributed by atoms with Crippen molar-refractivity contribution in [1.82, 2.24) is 10.6 Å². The number of hydrogen-bond donors (Lipinski definition) is 3. The highest BCUT2D eigenvalue weighted by Crippen LogP contribution is 2.39. The average molecular weight is 438 g/mol. The quantitative estimate of drug-likeness (QED) is 0.640. The summed E-state index contributed by atoms with van der Waals surface area (Å²) in [6.07, 6.45) is 1.01. The smallest absolute Gasteiger partial charge is 0.256 e. The number of amides is 1. The van der Waals surface area contributed by atoms with Crippen LogP contribution in [0.25, 0.3) is 0 Å². The highest BCUT2D eigenvalue weighted by molar-refractivity contribution is 7.89. The molecule has 1 saturated heterocycles. The zero-order chi connectivity index (χ0) is 21.1. The van der Waals surface area contributed by atoms with Crippen molar-refractivity contribution in [2.75, 3.05) is 20.2 Å². The number of sulfonamides is 1. The van der Waals surface area contributed by atoms with Crippen molar-refractivity contribution in [1.29, 1.82) is 0 Å². The summed E-state index contributed by atoms with van der Waals surface area (Å²) in [5, 5.41) is 10.6. The molecule has 2 aromatic carbocycles. The van der Waals surface area contributed by atoms with Crippen molar-refractivity contribution in [3.8, 4) is 5.75 Å². The Hall–Kier alpha value is -2.13. The van der Waals surface area contributed by atoms with Crippen molar-refractivity contribution >= 4 is 27.5 Å². The van der Waals surface area contributed by atoms with Crippen LogP contribution in [0.3, 0.4) is 0 Å². The first kappa shape index (κ1) is 21.6. The van der Waals surface area contributed by atoms with Crippen molar-refractivity contribution in [3.05, 3.63) is 64.7 Å². The lowest BCUT2D eigenvalue weighted by molar-refractivity contribution is 0.0922. The van der Waals surface area contributed by atoms with E-state index in [2.05, 4.69) is 10.6 Å². The Kier molecular flexibility index (Phi) is 6.48. The van der Waals surface area contributed by atoms with Crippen LogP contribution < -0.4 is 20.5 Å². The minimum atomic E-state index is -4.14. The number of nitrogens with two attached hydrogens (primary N) is 1. The van der Waals surface area contributed by atoms with Gasteiger partial charge in [0.2, 0.25) is 10.0 Å². The number of primary sulfonamides is 1. The van der Waals surface area contributed by atoms with E-state index < -0.39 is 26.7 Å². The summed E-state index contributed by atoms with van der Waals surface area (Å²) in [6.45, 7) is 1.22. The molecule has 9 heteroatoms. The lowest BCUT2D eigenvalue weighted by atomic mass is 9.72. The number of carbonyl (C=O) groups is 1. The van der Waals surface area contributed by atoms with E-state index >= 15 is 0 Å². The number of benzene rings is 2. The Labute approximate surface area is 175 Å². The first-order valence-electron chi connectivity index (χ1n) is 9.20. The first-order chi connectivity index (χ1) is 13.8. The summed E-state index contributed by atoms with van der Waals surface area (Å²) in [4.78, 5) is 13.1. The SMILES string of the molecule is COc1ccc(Cl)cc1C(=O)NC(C1(c2ccccc2)CCNCC1)S(N)(=O)=O. The summed E-state index contributed by atoms with van der Waals surface area (Å²) >= 11 is 6.03. The Morgan fingerprint density at radius 3 is 2.45 bits per heavy atom. The molecule has 156 valence electrons. The summed E-state index contributed by atoms with van der Waals surface area (Å²) in [6, 6.07) is 13.9. The Balaban J connectivity index is 2.06. The molecule has 3 rings (SSSR count). The second kappa shape index (κ2) is 8.71. The van der Waals surface area contributed by atoms with Gasteiger partial charge in [0.25, 0.3) is 5.91 Å². The average Bonchev–Trinajstić information content (AvgIpc) is 2.72. The molecule has 1 fully saturated rings. The molecule has 1 unspecified atom stereocenters. The van der Waals surface area contributed by atoms with E-state index in [1.165, 1.54) is 13.2 Å². The molecule has 1 amide bonds. The molecule has 0 aliphatic carbocycles. The van der Waals surface area contributed by atoms with Gasteiger partial charge in [-0.25, -0.2) is 13.6 Å². The number of methoxy groups -OCH3 is 1. The van der Waals surface area contributed by atoms with Crippen LogP contribution in [0.4, 0.5) is 0 Å². The normalized spacial score (nSPS) is 17.3. The van der Waals surface area contributed by atoms with Crippen molar-refractivity contribution in [3.63, 3.8) is 0 Å². The fourth-order valence-corrected chi connectivity index (χ4v) is 5.38. The zero-order valence-corrected chi connectivity index (χ0v) is 17.6. The lowest BCUT2D eigenvalue weighted by Crippen LogP contribution is -2.60. The Morgan fingerprint density at radius 1 is 1.21 bits per heavy atom. The molecule has 0 bridgehead atoms. The van der Waals surface area contributed by atoms with Gasteiger partial charge in [-0.3, -0.25) is 4.79 Å². The number of ether oxygens (including phenoxy) is 1. The molecule has 0 radical (unpaired) electrons. The number of nitrogens with one attached hydrogen (secondary N) is 2. The van der Waals surface area contributed by atoms with Crippen LogP contribution in [-0.4, -0.2) is 39.9 Å². The standard InChI is InChI=1S/C20H24ClN3O4S/c1-28-17-8-7-15(21)13-16(17)18(25)24-19(29(22,26)27)20(9-11-23-12-10-20)14-5-3-2-4-6-14/h2-8,13,19,23H,9-12H2,1H3,(H,24,25)(H2,22,26,27). The Bertz CT molecular complexity index is 976. The minimum Gasteiger partial charge on any atom is -0.496 e. The third-order valence-corrected chi connectivity index (χ3v) is 6.80. The Morgan fingerprint density at radius 2 is 1.86 bits per heavy atom. The molecule has 0 aromatic heterocycles. The fourth-order valence-electron chi connectivity index (χ4n) is 3.93. The van der Waals surface area contributed by atoms with Crippen LogP contribution in [0.2, 0.25) is 5.02 Å². The van der Waals surface area contributed by atoms with Gasteiger partial charge in [-0.15, -0.1) is 0 Å². The van der Waals surface area contributed by atoms with Crippen LogP contribution in [0, 0.1) is 0 Å². The fraction of sp³-hybridized carbons (Fsp3) is 0.350. The molecule has 0 spiro atoms. The topological polar surface area (TPSA) is 111 Å². The molecular weight excluding hydrogens is 414 g/mol. The van der Waals surface area contributed by atoms with Crippen LogP contribution in [0.15, 0.2) is 48.5 Å². The van der Waals surface area contributed by atoms with E-state index in [9.17, 15) is 13.2 Å². The molecule has 1 aliphatic rings. The summed E-state index contributed by atoms with van der Waals surface area (Å²) in [5.74, 6) is -0.323. The van der Waals surface area contributed by atoms with Gasteiger partial charge in [-0.2, -0.15) is 0 Å². The lowest BCUT2D eigenvalue weighted by Gasteiger charge is -2.43. The molecule has 1 aliphatic heterocycles. The third kappa shape index (κ3) is 4.56. The van der Waals surface area contributed by atoms with Crippen LogP contribution in [-0.2, 0) is 15.4 Å². The number of hydrogen-bond acceptors (Lipinski definition) is 5. The van der Waals surface area contributed by atoms with E-state index in [4.69, 9.17) is 21.5 Å². The molecule has 1 heterocycles. The second-order valence-corrected chi connectivity index (χ2v) is 9.15. The number of piperidine rings is 1. The highest BCUT2D eigenvalue weighted by atomic mass is 35.5. The van der Waals surface area contributed by atoms with E-state index in [-0.39, 0.29) is 5.56 Å². The van der Waals surface area contributed by atoms with Gasteiger partial charge in [0.05, 0.1) is 12.7 Å². The molecule has 29 heavy (non-hydrogen) atoms. The molecule has 0 saturated carbocycles. The van der Waals surface area contributed by atoms with Gasteiger partial charge >= 0.3 is 0 Å². The number of carbonyl (C=O) groups excluding carboxylic acids is 1. The molecular formula is C20H24ClN3O4S. The maximum absolute atomic E-state index is 13.1. The molecule has 7 nitrogen and oxygen atoms in total. The van der Waals surface area contributed by atoms with Gasteiger partial charge in [-0.05, 0) is 49.7 Å². The van der Waals surface area contributed by atoms with E-state index in [0.717, 1.165) is 5.56 Å². The van der Waals surface area contributed by atoms with Gasteiger partial charge < -0.3 is 15.4 Å². The predicted octanol–water partition coefficient (Wildman–Crippen LogP) is 2.01. The van der Waals surface area contributed by atoms with Crippen LogP contribution in [0.5, 0.6) is 5.75 Å². The largest absolute Gasteiger partial charge is 0.496 e. The van der Waals surface area contributed by atoms with Gasteiger partial charge in [0.1, 0.15) is 5.75 Å². The molecule has 2 aromatic rings. The third-order valence-electron chi connectivity index (χ3n) is 5.34. The number of halogens is 1. The summed E-state index contributed by atoms with van der Waals surface area (Å²) in [5.41, 5.74) is 0.103. The maximum atomic E-state index is 13.1. The minimum absolute atomic E-state index is 0.144. The summed E-state index contributed by atoms with van der Waals surface area (Å²) in [7, 11) is -2.71. The first-order valence-corrected chi connectivity index (χ1v) is 11.2. The van der Waals surface area contributed by atoms with Crippen molar-refractivity contribution in [2.45, 2.75) is 23.6 Å². The van der Waals surface area contributed by atoms with Crippen molar-refractivity contribution < 1.29 is 17.9 Å². The van der Waals surface area contributed by atoms with E-state index in [1.54, 1.807) is 12.1 Å². The zero-order valence-electron chi connectivity index (χ0n) is 16.0. The van der Waals surface area contributed by atoms with E-state index in [1.807, 2.05) is 30.3 Å². The van der Waals surface area contributed by atoms with Crippen LogP contribution >= 0.6 is 11.6 Å². The van der Waals surface area contributed by atoms with Gasteiger partial charge in [0.15, 0.2) is 5.37 Å². The second-order valence-electron chi connectivity index (χ2n) is 7.06.